The maximum absolute atomic E-state index is 13.7. The van der Waals surface area contributed by atoms with Gasteiger partial charge in [-0.15, -0.1) is 0 Å². The molecule has 4 aliphatic carbocycles. The van der Waals surface area contributed by atoms with E-state index in [2.05, 4.69) is 20.8 Å². The number of aliphatic hydroxyl groups excluding tert-OH is 1. The fourth-order valence-electron chi connectivity index (χ4n) is 8.67. The Hall–Kier alpha value is -0.900. The first-order valence-electron chi connectivity index (χ1n) is 12.0. The second-order valence-electron chi connectivity index (χ2n) is 11.4. The highest BCUT2D eigenvalue weighted by molar-refractivity contribution is 5.84. The topological polar surface area (TPSA) is 63.6 Å². The first-order chi connectivity index (χ1) is 13.7. The van der Waals surface area contributed by atoms with Gasteiger partial charge in [0.15, 0.2) is 0 Å². The predicted octanol–water partition coefficient (Wildman–Crippen LogP) is 4.77. The molecule has 0 aromatic heterocycles. The molecule has 4 saturated carbocycles. The maximum Gasteiger partial charge on any atom is 0.305 e. The highest BCUT2D eigenvalue weighted by Crippen LogP contribution is 2.67. The van der Waals surface area contributed by atoms with E-state index in [1.165, 1.54) is 26.4 Å². The van der Waals surface area contributed by atoms with Crippen molar-refractivity contribution in [1.82, 2.24) is 0 Å². The minimum absolute atomic E-state index is 0.0885. The van der Waals surface area contributed by atoms with E-state index in [9.17, 15) is 14.7 Å². The normalized spacial score (nSPS) is 47.7. The Balaban J connectivity index is 1.54. The molecule has 0 saturated heterocycles. The molecule has 0 aromatic carbocycles. The number of hydrogen-bond acceptors (Lipinski definition) is 4. The molecule has 164 valence electrons. The minimum Gasteiger partial charge on any atom is -0.469 e. The van der Waals surface area contributed by atoms with Crippen LogP contribution in [-0.4, -0.2) is 30.1 Å². The van der Waals surface area contributed by atoms with Crippen molar-refractivity contribution in [3.05, 3.63) is 0 Å². The van der Waals surface area contributed by atoms with E-state index in [4.69, 9.17) is 4.74 Å². The summed E-state index contributed by atoms with van der Waals surface area (Å²) in [7, 11) is 1.46. The quantitative estimate of drug-likeness (QED) is 0.685. The third-order valence-electron chi connectivity index (χ3n) is 10.1. The van der Waals surface area contributed by atoms with Crippen LogP contribution >= 0.6 is 0 Å². The molecule has 0 spiro atoms. The standard InChI is InChI=1S/C25H40O4/c1-15(5-10-22(28)29-4)19-8-9-20-18-7-6-16-13-17(26)11-12-24(16,2)23(18)21(27)14-25(19,20)3/h15-20,23,26H,5-14H2,1-4H3/t15-,16-,17+,18+,19-,20+,23-,24+,25-/m1/s1. The smallest absolute Gasteiger partial charge is 0.305 e. The lowest BCUT2D eigenvalue weighted by atomic mass is 9.44. The lowest BCUT2D eigenvalue weighted by Gasteiger charge is -2.60. The van der Waals surface area contributed by atoms with Gasteiger partial charge in [-0.25, -0.2) is 0 Å². The Morgan fingerprint density at radius 1 is 1.17 bits per heavy atom. The Labute approximate surface area is 176 Å². The molecule has 9 atom stereocenters. The summed E-state index contributed by atoms with van der Waals surface area (Å²) < 4.78 is 4.84. The molecular weight excluding hydrogens is 364 g/mol. The van der Waals surface area contributed by atoms with Gasteiger partial charge >= 0.3 is 5.97 Å². The third kappa shape index (κ3) is 3.38. The van der Waals surface area contributed by atoms with Crippen molar-refractivity contribution < 1.29 is 19.4 Å². The fraction of sp³-hybridized carbons (Fsp3) is 0.920. The van der Waals surface area contributed by atoms with Crippen LogP contribution in [0.2, 0.25) is 0 Å². The molecule has 0 aliphatic heterocycles. The fourth-order valence-corrected chi connectivity index (χ4v) is 8.67. The van der Waals surface area contributed by atoms with E-state index >= 15 is 0 Å². The molecule has 0 radical (unpaired) electrons. The number of carbonyl (C=O) groups excluding carboxylic acids is 2. The van der Waals surface area contributed by atoms with Crippen molar-refractivity contribution in [2.24, 2.45) is 46.3 Å². The lowest BCUT2D eigenvalue weighted by Crippen LogP contribution is -2.57. The minimum atomic E-state index is -0.167. The second kappa shape index (κ2) is 7.66. The number of ketones is 1. The van der Waals surface area contributed by atoms with Gasteiger partial charge in [-0.1, -0.05) is 20.8 Å². The molecule has 0 aromatic rings. The predicted molar refractivity (Wildman–Crippen MR) is 112 cm³/mol. The zero-order chi connectivity index (χ0) is 21.0. The van der Waals surface area contributed by atoms with E-state index < -0.39 is 0 Å². The van der Waals surface area contributed by atoms with E-state index in [1.807, 2.05) is 0 Å². The van der Waals surface area contributed by atoms with Gasteiger partial charge in [0.2, 0.25) is 0 Å². The van der Waals surface area contributed by atoms with Gasteiger partial charge in [0.25, 0.3) is 0 Å². The van der Waals surface area contributed by atoms with Crippen LogP contribution < -0.4 is 0 Å². The van der Waals surface area contributed by atoms with Gasteiger partial charge in [-0.2, -0.15) is 0 Å². The highest BCUT2D eigenvalue weighted by Gasteiger charge is 2.63. The summed E-state index contributed by atoms with van der Waals surface area (Å²) in [5, 5.41) is 10.2. The van der Waals surface area contributed by atoms with Gasteiger partial charge in [0.05, 0.1) is 13.2 Å². The molecule has 29 heavy (non-hydrogen) atoms. The summed E-state index contributed by atoms with van der Waals surface area (Å²) in [5.41, 5.74) is 0.181. The van der Waals surface area contributed by atoms with E-state index in [0.717, 1.165) is 38.5 Å². The first kappa shape index (κ1) is 21.3. The molecule has 4 fully saturated rings. The summed E-state index contributed by atoms with van der Waals surface area (Å²) in [5.74, 6) is 3.24. The van der Waals surface area contributed by atoms with E-state index in [-0.39, 0.29) is 28.8 Å². The van der Waals surface area contributed by atoms with Crippen molar-refractivity contribution in [2.75, 3.05) is 7.11 Å². The number of ether oxygens (including phenoxy) is 1. The SMILES string of the molecule is COC(=O)CC[C@@H](C)[C@H]1CC[C@H]2[C@@H]3CC[C@@H]4C[C@@H](O)CC[C@]4(C)[C@H]3C(=O)C[C@]12C. The van der Waals surface area contributed by atoms with Crippen LogP contribution in [-0.2, 0) is 14.3 Å². The third-order valence-corrected chi connectivity index (χ3v) is 10.1. The van der Waals surface area contributed by atoms with Gasteiger partial charge < -0.3 is 9.84 Å². The molecule has 4 rings (SSSR count). The van der Waals surface area contributed by atoms with Crippen LogP contribution in [0.3, 0.4) is 0 Å². The Morgan fingerprint density at radius 2 is 1.93 bits per heavy atom. The van der Waals surface area contributed by atoms with Crippen LogP contribution in [0.1, 0.15) is 85.0 Å². The Morgan fingerprint density at radius 3 is 2.66 bits per heavy atom. The summed E-state index contributed by atoms with van der Waals surface area (Å²) >= 11 is 0. The Kier molecular flexibility index (Phi) is 5.63. The van der Waals surface area contributed by atoms with Gasteiger partial charge in [0, 0.05) is 18.8 Å². The molecule has 0 unspecified atom stereocenters. The van der Waals surface area contributed by atoms with Crippen molar-refractivity contribution >= 4 is 11.8 Å². The first-order valence-corrected chi connectivity index (χ1v) is 12.0. The summed E-state index contributed by atoms with van der Waals surface area (Å²) in [6.07, 6.45) is 9.42. The molecule has 1 N–H and O–H groups in total. The van der Waals surface area contributed by atoms with Gasteiger partial charge in [-0.05, 0) is 91.8 Å². The monoisotopic (exact) mass is 404 g/mol. The molecule has 4 nitrogen and oxygen atoms in total. The van der Waals surface area contributed by atoms with Crippen LogP contribution in [0.4, 0.5) is 0 Å². The van der Waals surface area contributed by atoms with Crippen LogP contribution in [0.25, 0.3) is 0 Å². The Bertz CT molecular complexity index is 659. The molecule has 0 amide bonds. The number of fused-ring (bicyclic) bond motifs is 5. The van der Waals surface area contributed by atoms with Crippen molar-refractivity contribution in [1.29, 1.82) is 0 Å². The number of methoxy groups -OCH3 is 1. The summed E-state index contributed by atoms with van der Waals surface area (Å²) in [4.78, 5) is 25.3. The number of hydrogen-bond donors (Lipinski definition) is 1. The van der Waals surface area contributed by atoms with Crippen molar-refractivity contribution in [3.63, 3.8) is 0 Å². The van der Waals surface area contributed by atoms with Crippen molar-refractivity contribution in [3.8, 4) is 0 Å². The average molecular weight is 405 g/mol. The molecule has 4 aliphatic rings. The molecule has 0 bridgehead atoms. The van der Waals surface area contributed by atoms with E-state index in [0.29, 0.717) is 41.8 Å². The maximum atomic E-state index is 13.7. The molecule has 4 heteroatoms. The largest absolute Gasteiger partial charge is 0.469 e. The van der Waals surface area contributed by atoms with Gasteiger partial charge in [0.1, 0.15) is 5.78 Å². The molecule has 0 heterocycles. The second-order valence-corrected chi connectivity index (χ2v) is 11.4. The number of esters is 1. The molecular formula is C25H40O4. The highest BCUT2D eigenvalue weighted by atomic mass is 16.5. The van der Waals surface area contributed by atoms with E-state index in [1.54, 1.807) is 0 Å². The number of Topliss-reactive ketones (excluding diaryl/α,β-unsaturated/α-hetero) is 1. The summed E-state index contributed by atoms with van der Waals surface area (Å²) in [6.45, 7) is 7.03. The van der Waals surface area contributed by atoms with Crippen LogP contribution in [0, 0.1) is 46.3 Å². The van der Waals surface area contributed by atoms with Crippen molar-refractivity contribution in [2.45, 2.75) is 91.1 Å². The van der Waals surface area contributed by atoms with Crippen LogP contribution in [0.5, 0.6) is 0 Å². The number of carbonyl (C=O) groups is 2. The van der Waals surface area contributed by atoms with Crippen LogP contribution in [0.15, 0.2) is 0 Å². The zero-order valence-electron chi connectivity index (χ0n) is 18.8. The summed E-state index contributed by atoms with van der Waals surface area (Å²) in [6, 6.07) is 0. The lowest BCUT2D eigenvalue weighted by molar-refractivity contribution is -0.162. The van der Waals surface area contributed by atoms with Gasteiger partial charge in [-0.3, -0.25) is 9.59 Å². The number of aliphatic hydroxyl groups is 1. The average Bonchev–Trinajstić information content (AvgIpc) is 3.02. The number of rotatable bonds is 4. The zero-order valence-corrected chi connectivity index (χ0v) is 18.8.